The van der Waals surface area contributed by atoms with E-state index in [2.05, 4.69) is 20.4 Å². The highest BCUT2D eigenvalue weighted by Gasteiger charge is 1.94. The molecule has 0 heterocycles. The van der Waals surface area contributed by atoms with Crippen LogP contribution in [0.4, 0.5) is 0 Å². The van der Waals surface area contributed by atoms with Crippen molar-refractivity contribution < 1.29 is 0 Å². The zero-order valence-electron chi connectivity index (χ0n) is 8.57. The first-order valence-electron chi connectivity index (χ1n) is 5.11. The first kappa shape index (κ1) is 12.1. The maximum atomic E-state index is 4.05. The molecule has 0 saturated carbocycles. The third-order valence-corrected chi connectivity index (χ3v) is 2.97. The lowest BCUT2D eigenvalue weighted by Crippen LogP contribution is -1.82. The SMILES string of the molecule is C=C(CCCC)SCCCCC. The maximum absolute atomic E-state index is 4.05. The second-order valence-corrected chi connectivity index (χ2v) is 4.47. The molecule has 0 aromatic heterocycles. The van der Waals surface area contributed by atoms with Crippen molar-refractivity contribution in [2.45, 2.75) is 52.4 Å². The smallest absolute Gasteiger partial charge is 0.00235 e. The van der Waals surface area contributed by atoms with Gasteiger partial charge in [0.05, 0.1) is 0 Å². The number of hydrogen-bond donors (Lipinski definition) is 0. The number of thioether (sulfide) groups is 1. The molecule has 0 aliphatic heterocycles. The molecule has 0 aliphatic rings. The van der Waals surface area contributed by atoms with Gasteiger partial charge in [0.25, 0.3) is 0 Å². The van der Waals surface area contributed by atoms with Crippen LogP contribution in [0.5, 0.6) is 0 Å². The molecule has 1 heteroatoms. The second-order valence-electron chi connectivity index (χ2n) is 3.20. The lowest BCUT2D eigenvalue weighted by Gasteiger charge is -2.03. The molecule has 0 nitrogen and oxygen atoms in total. The van der Waals surface area contributed by atoms with E-state index in [-0.39, 0.29) is 0 Å². The van der Waals surface area contributed by atoms with Gasteiger partial charge in [0.15, 0.2) is 0 Å². The molecular formula is C11H22S. The topological polar surface area (TPSA) is 0 Å². The van der Waals surface area contributed by atoms with Gasteiger partial charge in [-0.3, -0.25) is 0 Å². The Morgan fingerprint density at radius 1 is 1.08 bits per heavy atom. The summed E-state index contributed by atoms with van der Waals surface area (Å²) in [5.74, 6) is 1.27. The van der Waals surface area contributed by atoms with E-state index in [9.17, 15) is 0 Å². The fourth-order valence-electron chi connectivity index (χ4n) is 1.01. The van der Waals surface area contributed by atoms with E-state index in [1.54, 1.807) is 0 Å². The zero-order valence-corrected chi connectivity index (χ0v) is 9.38. The van der Waals surface area contributed by atoms with Crippen LogP contribution in [0, 0.1) is 0 Å². The normalized spacial score (nSPS) is 10.2. The van der Waals surface area contributed by atoms with Crippen molar-refractivity contribution in [3.8, 4) is 0 Å². The minimum absolute atomic E-state index is 1.22. The Morgan fingerprint density at radius 2 is 1.75 bits per heavy atom. The van der Waals surface area contributed by atoms with Gasteiger partial charge in [-0.1, -0.05) is 39.7 Å². The molecule has 0 aromatic carbocycles. The van der Waals surface area contributed by atoms with Crippen LogP contribution in [0.2, 0.25) is 0 Å². The molecular weight excluding hydrogens is 164 g/mol. The van der Waals surface area contributed by atoms with Crippen LogP contribution in [0.15, 0.2) is 11.5 Å². The minimum Gasteiger partial charge on any atom is -0.131 e. The van der Waals surface area contributed by atoms with Gasteiger partial charge in [-0.15, -0.1) is 11.8 Å². The quantitative estimate of drug-likeness (QED) is 0.499. The average molecular weight is 186 g/mol. The largest absolute Gasteiger partial charge is 0.131 e. The Labute approximate surface area is 81.8 Å². The Hall–Kier alpha value is 0.0900. The van der Waals surface area contributed by atoms with Crippen LogP contribution < -0.4 is 0 Å². The van der Waals surface area contributed by atoms with Crippen molar-refractivity contribution in [2.75, 3.05) is 5.75 Å². The predicted octanol–water partition coefficient (Wildman–Crippen LogP) is 4.61. The molecule has 0 N–H and O–H groups in total. The van der Waals surface area contributed by atoms with Crippen LogP contribution in [0.1, 0.15) is 52.4 Å². The summed E-state index contributed by atoms with van der Waals surface area (Å²) >= 11 is 1.96. The molecule has 12 heavy (non-hydrogen) atoms. The number of hydrogen-bond acceptors (Lipinski definition) is 1. The van der Waals surface area contributed by atoms with Crippen LogP contribution in [-0.4, -0.2) is 5.75 Å². The van der Waals surface area contributed by atoms with Crippen LogP contribution in [-0.2, 0) is 0 Å². The molecule has 0 fully saturated rings. The summed E-state index contributed by atoms with van der Waals surface area (Å²) in [5, 5.41) is 0. The Morgan fingerprint density at radius 3 is 2.33 bits per heavy atom. The summed E-state index contributed by atoms with van der Waals surface area (Å²) < 4.78 is 0. The highest BCUT2D eigenvalue weighted by atomic mass is 32.2. The van der Waals surface area contributed by atoms with Crippen molar-refractivity contribution in [2.24, 2.45) is 0 Å². The van der Waals surface area contributed by atoms with Crippen LogP contribution in [0.25, 0.3) is 0 Å². The molecule has 0 atom stereocenters. The van der Waals surface area contributed by atoms with Gasteiger partial charge in [-0.25, -0.2) is 0 Å². The number of rotatable bonds is 8. The van der Waals surface area contributed by atoms with Crippen molar-refractivity contribution in [1.29, 1.82) is 0 Å². The average Bonchev–Trinajstić information content (AvgIpc) is 2.09. The van der Waals surface area contributed by atoms with Gasteiger partial charge < -0.3 is 0 Å². The Bertz CT molecular complexity index is 108. The summed E-state index contributed by atoms with van der Waals surface area (Å²) in [4.78, 5) is 1.38. The maximum Gasteiger partial charge on any atom is -0.00235 e. The molecule has 72 valence electrons. The lowest BCUT2D eigenvalue weighted by molar-refractivity contribution is 0.777. The van der Waals surface area contributed by atoms with Crippen LogP contribution >= 0.6 is 11.8 Å². The van der Waals surface area contributed by atoms with Crippen molar-refractivity contribution in [1.82, 2.24) is 0 Å². The molecule has 0 unspecified atom stereocenters. The van der Waals surface area contributed by atoms with Gasteiger partial charge in [0.2, 0.25) is 0 Å². The zero-order chi connectivity index (χ0) is 9.23. The molecule has 0 rings (SSSR count). The van der Waals surface area contributed by atoms with E-state index < -0.39 is 0 Å². The van der Waals surface area contributed by atoms with E-state index in [0.717, 1.165) is 0 Å². The van der Waals surface area contributed by atoms with Gasteiger partial charge in [-0.05, 0) is 29.9 Å². The molecule has 0 aromatic rings. The van der Waals surface area contributed by atoms with Gasteiger partial charge in [0.1, 0.15) is 0 Å². The number of allylic oxidation sites excluding steroid dienone is 1. The minimum atomic E-state index is 1.22. The fraction of sp³-hybridized carbons (Fsp3) is 0.818. The fourth-order valence-corrected chi connectivity index (χ4v) is 1.94. The molecule has 0 amide bonds. The van der Waals surface area contributed by atoms with Crippen molar-refractivity contribution in [3.63, 3.8) is 0 Å². The monoisotopic (exact) mass is 186 g/mol. The molecule has 0 spiro atoms. The summed E-state index contributed by atoms with van der Waals surface area (Å²) in [5.41, 5.74) is 0. The van der Waals surface area contributed by atoms with Gasteiger partial charge >= 0.3 is 0 Å². The first-order chi connectivity index (χ1) is 5.81. The Kier molecular flexibility index (Phi) is 9.25. The summed E-state index contributed by atoms with van der Waals surface area (Å²) in [7, 11) is 0. The lowest BCUT2D eigenvalue weighted by atomic mass is 10.2. The summed E-state index contributed by atoms with van der Waals surface area (Å²) in [6.45, 7) is 8.53. The summed E-state index contributed by atoms with van der Waals surface area (Å²) in [6.07, 6.45) is 7.85. The van der Waals surface area contributed by atoms with E-state index in [1.165, 1.54) is 49.2 Å². The second kappa shape index (κ2) is 9.18. The third-order valence-electron chi connectivity index (χ3n) is 1.86. The highest BCUT2D eigenvalue weighted by Crippen LogP contribution is 2.20. The van der Waals surface area contributed by atoms with E-state index in [0.29, 0.717) is 0 Å². The van der Waals surface area contributed by atoms with Crippen molar-refractivity contribution in [3.05, 3.63) is 11.5 Å². The van der Waals surface area contributed by atoms with Crippen molar-refractivity contribution >= 4 is 11.8 Å². The first-order valence-corrected chi connectivity index (χ1v) is 6.10. The third kappa shape index (κ3) is 8.19. The highest BCUT2D eigenvalue weighted by molar-refractivity contribution is 8.03. The van der Waals surface area contributed by atoms with E-state index >= 15 is 0 Å². The van der Waals surface area contributed by atoms with E-state index in [4.69, 9.17) is 0 Å². The molecule has 0 radical (unpaired) electrons. The number of unbranched alkanes of at least 4 members (excludes halogenated alkanes) is 3. The van der Waals surface area contributed by atoms with Gasteiger partial charge in [-0.2, -0.15) is 0 Å². The standard InChI is InChI=1S/C11H22S/c1-4-6-8-10-12-11(3)9-7-5-2/h3-10H2,1-2H3. The van der Waals surface area contributed by atoms with Gasteiger partial charge in [0, 0.05) is 0 Å². The predicted molar refractivity (Wildman–Crippen MR) is 60.6 cm³/mol. The summed E-state index contributed by atoms with van der Waals surface area (Å²) in [6, 6.07) is 0. The van der Waals surface area contributed by atoms with E-state index in [1.807, 2.05) is 11.8 Å². The molecule has 0 bridgehead atoms. The Balaban J connectivity index is 3.08. The van der Waals surface area contributed by atoms with Crippen LogP contribution in [0.3, 0.4) is 0 Å². The molecule has 0 saturated heterocycles. The molecule has 0 aliphatic carbocycles.